The van der Waals surface area contributed by atoms with Crippen LogP contribution in [0.15, 0.2) is 81.1 Å². The minimum absolute atomic E-state index is 0.0832. The van der Waals surface area contributed by atoms with Gasteiger partial charge in [0, 0.05) is 17.5 Å². The third-order valence-electron chi connectivity index (χ3n) is 4.64. The quantitative estimate of drug-likeness (QED) is 0.224. The Hall–Kier alpha value is -3.63. The fraction of sp³-hybridized carbons (Fsp3) is 0.130. The van der Waals surface area contributed by atoms with Crippen molar-refractivity contribution in [1.29, 1.82) is 0 Å². The molecule has 0 atom stereocenters. The number of fused-ring (bicyclic) bond motifs is 1. The highest BCUT2D eigenvalue weighted by Gasteiger charge is 2.18. The first kappa shape index (κ1) is 22.6. The van der Waals surface area contributed by atoms with Gasteiger partial charge in [0.1, 0.15) is 10.6 Å². The van der Waals surface area contributed by atoms with E-state index < -0.39 is 11.9 Å². The van der Waals surface area contributed by atoms with Crippen LogP contribution in [0, 0.1) is 0 Å². The van der Waals surface area contributed by atoms with E-state index in [1.54, 1.807) is 18.2 Å². The lowest BCUT2D eigenvalue weighted by Gasteiger charge is -2.11. The van der Waals surface area contributed by atoms with Gasteiger partial charge < -0.3 is 9.73 Å². The highest BCUT2D eigenvalue weighted by atomic mass is 32.2. The van der Waals surface area contributed by atoms with E-state index in [9.17, 15) is 14.4 Å². The van der Waals surface area contributed by atoms with Gasteiger partial charge in [0.25, 0.3) is 5.56 Å². The van der Waals surface area contributed by atoms with Crippen molar-refractivity contribution in [3.05, 3.63) is 82.9 Å². The predicted octanol–water partition coefficient (Wildman–Crippen LogP) is 4.02. The van der Waals surface area contributed by atoms with Crippen LogP contribution in [0.5, 0.6) is 0 Å². The standard InChI is InChI=1S/C23H20N4O4S2/c1-2-10-27-21(29)19-17(15-7-4-3-5-8-15)13-32-20(19)26-23(27)33-14-18(28)25-22(30)24-12-16-9-6-11-31-16/h2-9,11,13H,1,10,12,14H2,(H2,24,25,28,30). The molecule has 2 N–H and O–H groups in total. The number of hydrogen-bond donors (Lipinski definition) is 2. The maximum absolute atomic E-state index is 13.3. The number of furan rings is 1. The summed E-state index contributed by atoms with van der Waals surface area (Å²) in [7, 11) is 0. The van der Waals surface area contributed by atoms with Gasteiger partial charge in [-0.3, -0.25) is 19.5 Å². The van der Waals surface area contributed by atoms with Gasteiger partial charge in [0.2, 0.25) is 5.91 Å². The minimum Gasteiger partial charge on any atom is -0.467 e. The zero-order valence-corrected chi connectivity index (χ0v) is 19.1. The zero-order chi connectivity index (χ0) is 23.2. The molecule has 3 amide bonds. The van der Waals surface area contributed by atoms with Gasteiger partial charge in [0.15, 0.2) is 5.16 Å². The molecule has 0 saturated heterocycles. The minimum atomic E-state index is -0.630. The molecular weight excluding hydrogens is 460 g/mol. The Morgan fingerprint density at radius 1 is 1.21 bits per heavy atom. The van der Waals surface area contributed by atoms with Crippen molar-refractivity contribution < 1.29 is 14.0 Å². The summed E-state index contributed by atoms with van der Waals surface area (Å²) in [5, 5.41) is 7.64. The molecule has 3 heterocycles. The molecular formula is C23H20N4O4S2. The molecule has 4 rings (SSSR count). The van der Waals surface area contributed by atoms with Crippen molar-refractivity contribution in [2.45, 2.75) is 18.2 Å². The highest BCUT2D eigenvalue weighted by Crippen LogP contribution is 2.32. The number of urea groups is 1. The molecule has 10 heteroatoms. The first-order valence-corrected chi connectivity index (χ1v) is 11.8. The van der Waals surface area contributed by atoms with Crippen LogP contribution in [0.25, 0.3) is 21.3 Å². The molecule has 0 aliphatic heterocycles. The van der Waals surface area contributed by atoms with Crippen LogP contribution in [-0.4, -0.2) is 27.2 Å². The smallest absolute Gasteiger partial charge is 0.321 e. The maximum Gasteiger partial charge on any atom is 0.321 e. The molecule has 3 aromatic heterocycles. The van der Waals surface area contributed by atoms with Gasteiger partial charge in [-0.2, -0.15) is 0 Å². The van der Waals surface area contributed by atoms with Crippen molar-refractivity contribution >= 4 is 45.3 Å². The summed E-state index contributed by atoms with van der Waals surface area (Å²) in [6, 6.07) is 12.4. The number of aromatic nitrogens is 2. The molecule has 0 fully saturated rings. The van der Waals surface area contributed by atoms with E-state index in [0.29, 0.717) is 21.1 Å². The number of benzene rings is 1. The third-order valence-corrected chi connectivity index (χ3v) is 6.49. The molecule has 0 bridgehead atoms. The molecule has 168 valence electrons. The van der Waals surface area contributed by atoms with Gasteiger partial charge >= 0.3 is 6.03 Å². The number of nitrogens with one attached hydrogen (secondary N) is 2. The molecule has 0 spiro atoms. The van der Waals surface area contributed by atoms with Crippen molar-refractivity contribution in [2.75, 3.05) is 5.75 Å². The average Bonchev–Trinajstić information content (AvgIpc) is 3.49. The molecule has 0 unspecified atom stereocenters. The Bertz CT molecular complexity index is 1340. The maximum atomic E-state index is 13.3. The fourth-order valence-electron chi connectivity index (χ4n) is 3.15. The first-order chi connectivity index (χ1) is 16.1. The zero-order valence-electron chi connectivity index (χ0n) is 17.4. The van der Waals surface area contributed by atoms with E-state index in [0.717, 1.165) is 22.9 Å². The Morgan fingerprint density at radius 3 is 2.76 bits per heavy atom. The number of allylic oxidation sites excluding steroid dienone is 1. The van der Waals surface area contributed by atoms with Crippen LogP contribution in [0.2, 0.25) is 0 Å². The normalized spacial score (nSPS) is 10.8. The summed E-state index contributed by atoms with van der Waals surface area (Å²) in [6.07, 6.45) is 3.11. The third kappa shape index (κ3) is 5.24. The summed E-state index contributed by atoms with van der Waals surface area (Å²) in [6.45, 7) is 4.14. The average molecular weight is 481 g/mol. The Labute approximate surface area is 197 Å². The molecule has 4 aromatic rings. The molecule has 1 aromatic carbocycles. The van der Waals surface area contributed by atoms with Gasteiger partial charge in [-0.05, 0) is 17.7 Å². The van der Waals surface area contributed by atoms with Crippen molar-refractivity contribution in [3.8, 4) is 11.1 Å². The summed E-state index contributed by atoms with van der Waals surface area (Å²) < 4.78 is 6.62. The molecule has 8 nitrogen and oxygen atoms in total. The lowest BCUT2D eigenvalue weighted by molar-refractivity contribution is -0.117. The number of carbonyl (C=O) groups is 2. The number of nitrogens with zero attached hydrogens (tertiary/aromatic N) is 2. The van der Waals surface area contributed by atoms with E-state index in [-0.39, 0.29) is 24.4 Å². The van der Waals surface area contributed by atoms with E-state index in [1.165, 1.54) is 22.2 Å². The van der Waals surface area contributed by atoms with Crippen LogP contribution >= 0.6 is 23.1 Å². The lowest BCUT2D eigenvalue weighted by Crippen LogP contribution is -2.40. The van der Waals surface area contributed by atoms with Crippen LogP contribution < -0.4 is 16.2 Å². The Kier molecular flexibility index (Phi) is 7.06. The van der Waals surface area contributed by atoms with Crippen molar-refractivity contribution in [1.82, 2.24) is 20.2 Å². The number of thioether (sulfide) groups is 1. The van der Waals surface area contributed by atoms with Crippen LogP contribution in [0.4, 0.5) is 4.79 Å². The van der Waals surface area contributed by atoms with E-state index in [1.807, 2.05) is 35.7 Å². The molecule has 33 heavy (non-hydrogen) atoms. The summed E-state index contributed by atoms with van der Waals surface area (Å²) >= 11 is 2.46. The van der Waals surface area contributed by atoms with E-state index in [2.05, 4.69) is 22.2 Å². The SMILES string of the molecule is C=CCn1c(SCC(=O)NC(=O)NCc2ccco2)nc2scc(-c3ccccc3)c2c1=O. The summed E-state index contributed by atoms with van der Waals surface area (Å²) in [5.74, 6) is -0.0171. The van der Waals surface area contributed by atoms with Gasteiger partial charge in [0.05, 0.1) is 23.9 Å². The van der Waals surface area contributed by atoms with Crippen LogP contribution in [0.3, 0.4) is 0 Å². The van der Waals surface area contributed by atoms with E-state index in [4.69, 9.17) is 4.42 Å². The molecule has 0 radical (unpaired) electrons. The van der Waals surface area contributed by atoms with Crippen molar-refractivity contribution in [3.63, 3.8) is 0 Å². The first-order valence-electron chi connectivity index (χ1n) is 9.98. The topological polar surface area (TPSA) is 106 Å². The van der Waals surface area contributed by atoms with Gasteiger partial charge in [-0.1, -0.05) is 48.2 Å². The lowest BCUT2D eigenvalue weighted by atomic mass is 10.1. The largest absolute Gasteiger partial charge is 0.467 e. The van der Waals surface area contributed by atoms with Crippen LogP contribution in [0.1, 0.15) is 5.76 Å². The number of hydrogen-bond acceptors (Lipinski definition) is 7. The van der Waals surface area contributed by atoms with Gasteiger partial charge in [-0.15, -0.1) is 17.9 Å². The second kappa shape index (κ2) is 10.3. The number of thiophene rings is 1. The number of rotatable bonds is 8. The molecule has 0 aliphatic carbocycles. The van der Waals surface area contributed by atoms with Crippen LogP contribution in [-0.2, 0) is 17.9 Å². The highest BCUT2D eigenvalue weighted by molar-refractivity contribution is 7.99. The molecule has 0 saturated carbocycles. The fourth-order valence-corrected chi connectivity index (χ4v) is 4.95. The monoisotopic (exact) mass is 480 g/mol. The second-order valence-corrected chi connectivity index (χ2v) is 8.69. The second-order valence-electron chi connectivity index (χ2n) is 6.89. The number of amides is 3. The Balaban J connectivity index is 1.49. The predicted molar refractivity (Wildman–Crippen MR) is 129 cm³/mol. The Morgan fingerprint density at radius 2 is 2.03 bits per heavy atom. The van der Waals surface area contributed by atoms with Crippen molar-refractivity contribution in [2.24, 2.45) is 0 Å². The number of carbonyl (C=O) groups excluding carboxylic acids is 2. The number of imide groups is 1. The summed E-state index contributed by atoms with van der Waals surface area (Å²) in [5.41, 5.74) is 1.57. The summed E-state index contributed by atoms with van der Waals surface area (Å²) in [4.78, 5) is 42.7. The van der Waals surface area contributed by atoms with Gasteiger partial charge in [-0.25, -0.2) is 9.78 Å². The molecule has 0 aliphatic rings. The van der Waals surface area contributed by atoms with E-state index >= 15 is 0 Å².